The molecule has 0 atom stereocenters. The topological polar surface area (TPSA) is 49.4 Å². The number of carbonyl (C=O) groups excluding carboxylic acids is 2. The van der Waals surface area contributed by atoms with Crippen molar-refractivity contribution < 1.29 is 9.59 Å². The number of hydrogen-bond donors (Lipinski definition) is 1. The zero-order valence-electron chi connectivity index (χ0n) is 5.38. The van der Waals surface area contributed by atoms with Gasteiger partial charge in [-0.1, -0.05) is 12.2 Å². The van der Waals surface area contributed by atoms with E-state index in [-0.39, 0.29) is 23.1 Å². The number of nitrogens with zero attached hydrogens (tertiary/aromatic N) is 1. The summed E-state index contributed by atoms with van der Waals surface area (Å²) < 4.78 is 0. The zero-order valence-corrected chi connectivity index (χ0v) is 6.20. The van der Waals surface area contributed by atoms with E-state index < -0.39 is 0 Å². The number of nitrogens with one attached hydrogen (secondary N) is 1. The summed E-state index contributed by atoms with van der Waals surface area (Å²) in [6.07, 6.45) is 0.0532. The van der Waals surface area contributed by atoms with Crippen molar-refractivity contribution in [1.82, 2.24) is 10.4 Å². The number of hydrogen-bond acceptors (Lipinski definition) is 3. The summed E-state index contributed by atoms with van der Waals surface area (Å²) in [7, 11) is 1.49. The molecule has 5 heteroatoms. The molecule has 4 nitrogen and oxygen atoms in total. The Hall–Kier alpha value is -0.970. The van der Waals surface area contributed by atoms with E-state index in [2.05, 4.69) is 17.6 Å². The van der Waals surface area contributed by atoms with Gasteiger partial charge in [0.15, 0.2) is 0 Å². The highest BCUT2D eigenvalue weighted by Crippen LogP contribution is 1.98. The molecule has 0 bridgehead atoms. The van der Waals surface area contributed by atoms with Crippen molar-refractivity contribution in [2.24, 2.45) is 0 Å². The van der Waals surface area contributed by atoms with E-state index in [1.54, 1.807) is 0 Å². The van der Waals surface area contributed by atoms with Crippen molar-refractivity contribution in [2.75, 3.05) is 7.05 Å². The highest BCUT2D eigenvalue weighted by Gasteiger charge is 2.23. The third-order valence-electron chi connectivity index (χ3n) is 1.21. The maximum Gasteiger partial charge on any atom is 0.277 e. The summed E-state index contributed by atoms with van der Waals surface area (Å²) in [6, 6.07) is 0. The standard InChI is InChI=1S/C5H6N2O2S/c1-7-4(8)2-3(10)5(9)6-7/h2H2,1H3,(H,6,9). The van der Waals surface area contributed by atoms with Gasteiger partial charge >= 0.3 is 0 Å². The van der Waals surface area contributed by atoms with Crippen molar-refractivity contribution in [1.29, 1.82) is 0 Å². The Labute approximate surface area is 63.2 Å². The smallest absolute Gasteiger partial charge is 0.273 e. The predicted octanol–water partition coefficient (Wildman–Crippen LogP) is -0.750. The van der Waals surface area contributed by atoms with E-state index in [1.165, 1.54) is 7.05 Å². The third kappa shape index (κ3) is 1.13. The van der Waals surface area contributed by atoms with Crippen LogP contribution in [0.25, 0.3) is 0 Å². The molecule has 1 saturated heterocycles. The first-order valence-electron chi connectivity index (χ1n) is 2.71. The van der Waals surface area contributed by atoms with Gasteiger partial charge in [-0.15, -0.1) is 0 Å². The summed E-state index contributed by atoms with van der Waals surface area (Å²) in [5.41, 5.74) is 2.28. The Bertz CT molecular complexity index is 214. The molecule has 1 heterocycles. The number of hydrazine groups is 1. The summed E-state index contributed by atoms with van der Waals surface area (Å²) in [5.74, 6) is -0.526. The highest BCUT2D eigenvalue weighted by atomic mass is 32.1. The van der Waals surface area contributed by atoms with Crippen LogP contribution in [0.5, 0.6) is 0 Å². The lowest BCUT2D eigenvalue weighted by Crippen LogP contribution is -2.51. The molecule has 1 fully saturated rings. The van der Waals surface area contributed by atoms with Gasteiger partial charge in [-0.05, 0) is 0 Å². The van der Waals surface area contributed by atoms with Crippen LogP contribution in [0.2, 0.25) is 0 Å². The number of rotatable bonds is 0. The second kappa shape index (κ2) is 2.34. The van der Waals surface area contributed by atoms with Crippen LogP contribution in [0.3, 0.4) is 0 Å². The lowest BCUT2D eigenvalue weighted by atomic mass is 10.2. The van der Waals surface area contributed by atoms with Crippen LogP contribution in [0.4, 0.5) is 0 Å². The number of carbonyl (C=O) groups is 2. The molecule has 10 heavy (non-hydrogen) atoms. The van der Waals surface area contributed by atoms with Gasteiger partial charge < -0.3 is 0 Å². The predicted molar refractivity (Wildman–Crippen MR) is 38.1 cm³/mol. The molecule has 54 valence electrons. The van der Waals surface area contributed by atoms with Crippen LogP contribution >= 0.6 is 12.2 Å². The molecular formula is C5H6N2O2S. The monoisotopic (exact) mass is 158 g/mol. The minimum Gasteiger partial charge on any atom is -0.273 e. The first-order chi connectivity index (χ1) is 4.61. The number of amides is 2. The summed E-state index contributed by atoms with van der Waals surface area (Å²) in [4.78, 5) is 21.6. The molecule has 0 spiro atoms. The van der Waals surface area contributed by atoms with Crippen LogP contribution in [0.15, 0.2) is 0 Å². The molecule has 0 aromatic rings. The molecule has 1 aliphatic rings. The zero-order chi connectivity index (χ0) is 7.72. The van der Waals surface area contributed by atoms with Crippen molar-refractivity contribution >= 4 is 28.9 Å². The van der Waals surface area contributed by atoms with Crippen molar-refractivity contribution in [3.05, 3.63) is 0 Å². The molecule has 1 rings (SSSR count). The van der Waals surface area contributed by atoms with Gasteiger partial charge in [-0.25, -0.2) is 0 Å². The van der Waals surface area contributed by atoms with Crippen molar-refractivity contribution in [3.63, 3.8) is 0 Å². The van der Waals surface area contributed by atoms with Crippen molar-refractivity contribution in [2.45, 2.75) is 6.42 Å². The first-order valence-corrected chi connectivity index (χ1v) is 3.12. The van der Waals surface area contributed by atoms with E-state index in [9.17, 15) is 9.59 Å². The van der Waals surface area contributed by atoms with E-state index in [1.807, 2.05) is 0 Å². The molecule has 1 aliphatic heterocycles. The maximum absolute atomic E-state index is 10.8. The van der Waals surface area contributed by atoms with Gasteiger partial charge in [0, 0.05) is 7.05 Å². The van der Waals surface area contributed by atoms with Crippen LogP contribution in [-0.2, 0) is 9.59 Å². The SMILES string of the molecule is CN1NC(=O)C(=S)CC1=O. The molecule has 0 unspecified atom stereocenters. The second-order valence-electron chi connectivity index (χ2n) is 1.99. The summed E-state index contributed by atoms with van der Waals surface area (Å²) >= 11 is 4.60. The molecule has 1 N–H and O–H groups in total. The molecule has 0 aromatic carbocycles. The summed E-state index contributed by atoms with van der Waals surface area (Å²) in [6.45, 7) is 0. The second-order valence-corrected chi connectivity index (χ2v) is 2.49. The van der Waals surface area contributed by atoms with Gasteiger partial charge in [-0.2, -0.15) is 0 Å². The summed E-state index contributed by atoms with van der Waals surface area (Å²) in [5, 5.41) is 1.14. The molecule has 0 aromatic heterocycles. The largest absolute Gasteiger partial charge is 0.277 e. The van der Waals surface area contributed by atoms with Gasteiger partial charge in [-0.3, -0.25) is 20.0 Å². The van der Waals surface area contributed by atoms with Gasteiger partial charge in [0.2, 0.25) is 5.91 Å². The van der Waals surface area contributed by atoms with Crippen LogP contribution in [0, 0.1) is 0 Å². The Morgan fingerprint density at radius 3 is 2.70 bits per heavy atom. The number of thiocarbonyl (C=S) groups is 1. The van der Waals surface area contributed by atoms with E-state index in [0.29, 0.717) is 0 Å². The first kappa shape index (κ1) is 7.14. The van der Waals surface area contributed by atoms with Gasteiger partial charge in [0.25, 0.3) is 5.91 Å². The average Bonchev–Trinajstić information content (AvgIpc) is 1.84. The van der Waals surface area contributed by atoms with Crippen LogP contribution in [0.1, 0.15) is 6.42 Å². The molecular weight excluding hydrogens is 152 g/mol. The molecule has 0 aliphatic carbocycles. The van der Waals surface area contributed by atoms with Gasteiger partial charge in [0.05, 0.1) is 11.3 Å². The molecule has 0 saturated carbocycles. The fraction of sp³-hybridized carbons (Fsp3) is 0.400. The van der Waals surface area contributed by atoms with E-state index in [4.69, 9.17) is 0 Å². The van der Waals surface area contributed by atoms with Gasteiger partial charge in [0.1, 0.15) is 0 Å². The average molecular weight is 158 g/mol. The Kier molecular flexibility index (Phi) is 1.67. The minimum atomic E-state index is -0.350. The Morgan fingerprint density at radius 2 is 2.20 bits per heavy atom. The molecule has 0 radical (unpaired) electrons. The fourth-order valence-electron chi connectivity index (χ4n) is 0.613. The minimum absolute atomic E-state index is 0.0532. The van der Waals surface area contributed by atoms with Crippen molar-refractivity contribution in [3.8, 4) is 0 Å². The lowest BCUT2D eigenvalue weighted by molar-refractivity contribution is -0.138. The van der Waals surface area contributed by atoms with Crippen LogP contribution < -0.4 is 5.43 Å². The lowest BCUT2D eigenvalue weighted by Gasteiger charge is -2.22. The molecule has 2 amide bonds. The maximum atomic E-state index is 10.8. The highest BCUT2D eigenvalue weighted by molar-refractivity contribution is 7.82. The van der Waals surface area contributed by atoms with Crippen LogP contribution in [-0.4, -0.2) is 28.7 Å². The third-order valence-corrected chi connectivity index (χ3v) is 1.54. The van der Waals surface area contributed by atoms with E-state index in [0.717, 1.165) is 5.01 Å². The Balaban J connectivity index is 2.72. The quantitative estimate of drug-likeness (QED) is 0.472. The normalized spacial score (nSPS) is 19.3. The Morgan fingerprint density at radius 1 is 1.60 bits per heavy atom. The van der Waals surface area contributed by atoms with E-state index >= 15 is 0 Å². The fourth-order valence-corrected chi connectivity index (χ4v) is 0.782.